The first kappa shape index (κ1) is 12.3. The van der Waals surface area contributed by atoms with Gasteiger partial charge in [-0.3, -0.25) is 4.90 Å². The molecular weight excluding hydrogens is 208 g/mol. The molecule has 0 unspecified atom stereocenters. The van der Waals surface area contributed by atoms with Crippen LogP contribution in [-0.4, -0.2) is 18.0 Å². The molecular formula is C12H19ClN2. The van der Waals surface area contributed by atoms with Crippen LogP contribution in [0.3, 0.4) is 0 Å². The van der Waals surface area contributed by atoms with Crippen LogP contribution in [0.15, 0.2) is 18.2 Å². The van der Waals surface area contributed by atoms with Crippen LogP contribution in [0, 0.1) is 0 Å². The van der Waals surface area contributed by atoms with E-state index in [2.05, 4.69) is 18.7 Å². The molecule has 0 radical (unpaired) electrons. The first-order valence-electron chi connectivity index (χ1n) is 5.43. The molecule has 0 atom stereocenters. The van der Waals surface area contributed by atoms with E-state index in [1.165, 1.54) is 6.42 Å². The maximum Gasteiger partial charge on any atom is 0.0471 e. The van der Waals surface area contributed by atoms with Gasteiger partial charge in [0.25, 0.3) is 0 Å². The van der Waals surface area contributed by atoms with Crippen LogP contribution in [0.5, 0.6) is 0 Å². The van der Waals surface area contributed by atoms with Crippen molar-refractivity contribution >= 4 is 17.3 Å². The molecule has 15 heavy (non-hydrogen) atoms. The van der Waals surface area contributed by atoms with Gasteiger partial charge in [-0.25, -0.2) is 0 Å². The third-order valence-electron chi connectivity index (χ3n) is 2.46. The SMILES string of the molecule is CCCN(CC)Cc1ccc(N)cc1Cl. The maximum atomic E-state index is 6.12. The summed E-state index contributed by atoms with van der Waals surface area (Å²) < 4.78 is 0. The van der Waals surface area contributed by atoms with E-state index >= 15 is 0 Å². The first-order chi connectivity index (χ1) is 7.17. The highest BCUT2D eigenvalue weighted by Gasteiger charge is 2.05. The second-order valence-electron chi connectivity index (χ2n) is 3.72. The van der Waals surface area contributed by atoms with Crippen molar-refractivity contribution in [2.75, 3.05) is 18.8 Å². The summed E-state index contributed by atoms with van der Waals surface area (Å²) in [6, 6.07) is 5.73. The Hall–Kier alpha value is -0.730. The van der Waals surface area contributed by atoms with Crippen LogP contribution in [0.25, 0.3) is 0 Å². The zero-order valence-corrected chi connectivity index (χ0v) is 10.2. The fourth-order valence-electron chi connectivity index (χ4n) is 1.60. The van der Waals surface area contributed by atoms with Gasteiger partial charge >= 0.3 is 0 Å². The summed E-state index contributed by atoms with van der Waals surface area (Å²) in [6.07, 6.45) is 1.17. The van der Waals surface area contributed by atoms with Crippen LogP contribution in [0.1, 0.15) is 25.8 Å². The van der Waals surface area contributed by atoms with Crippen molar-refractivity contribution in [3.63, 3.8) is 0 Å². The van der Waals surface area contributed by atoms with E-state index in [1.807, 2.05) is 18.2 Å². The molecule has 1 aromatic rings. The number of rotatable bonds is 5. The van der Waals surface area contributed by atoms with Gasteiger partial charge in [-0.15, -0.1) is 0 Å². The number of anilines is 1. The lowest BCUT2D eigenvalue weighted by Crippen LogP contribution is -2.23. The second kappa shape index (κ2) is 5.99. The summed E-state index contributed by atoms with van der Waals surface area (Å²) in [5.74, 6) is 0. The van der Waals surface area contributed by atoms with Crippen molar-refractivity contribution in [2.45, 2.75) is 26.8 Å². The Morgan fingerprint density at radius 3 is 2.60 bits per heavy atom. The largest absolute Gasteiger partial charge is 0.399 e. The summed E-state index contributed by atoms with van der Waals surface area (Å²) in [6.45, 7) is 7.42. The van der Waals surface area contributed by atoms with Gasteiger partial charge in [0.2, 0.25) is 0 Å². The van der Waals surface area contributed by atoms with E-state index in [1.54, 1.807) is 0 Å². The molecule has 84 valence electrons. The highest BCUT2D eigenvalue weighted by Crippen LogP contribution is 2.20. The van der Waals surface area contributed by atoms with Gasteiger partial charge in [-0.2, -0.15) is 0 Å². The van der Waals surface area contributed by atoms with E-state index in [0.29, 0.717) is 0 Å². The van der Waals surface area contributed by atoms with Crippen molar-refractivity contribution in [3.05, 3.63) is 28.8 Å². The maximum absolute atomic E-state index is 6.12. The number of benzene rings is 1. The summed E-state index contributed by atoms with van der Waals surface area (Å²) in [5, 5.41) is 0.768. The Morgan fingerprint density at radius 2 is 2.07 bits per heavy atom. The van der Waals surface area contributed by atoms with Gasteiger partial charge < -0.3 is 5.73 Å². The fraction of sp³-hybridized carbons (Fsp3) is 0.500. The van der Waals surface area contributed by atoms with Gasteiger partial charge in [0.1, 0.15) is 0 Å². The molecule has 0 aliphatic rings. The summed E-state index contributed by atoms with van der Waals surface area (Å²) >= 11 is 6.12. The van der Waals surface area contributed by atoms with E-state index in [9.17, 15) is 0 Å². The molecule has 2 nitrogen and oxygen atoms in total. The molecule has 0 amide bonds. The Morgan fingerprint density at radius 1 is 1.33 bits per heavy atom. The van der Waals surface area contributed by atoms with Crippen molar-refractivity contribution in [1.29, 1.82) is 0 Å². The third-order valence-corrected chi connectivity index (χ3v) is 2.81. The quantitative estimate of drug-likeness (QED) is 0.782. The number of nitrogens with two attached hydrogens (primary N) is 1. The molecule has 0 fully saturated rings. The molecule has 0 aromatic heterocycles. The van der Waals surface area contributed by atoms with Crippen LogP contribution < -0.4 is 5.73 Å². The zero-order valence-electron chi connectivity index (χ0n) is 9.46. The van der Waals surface area contributed by atoms with Gasteiger partial charge in [0.15, 0.2) is 0 Å². The Bertz CT molecular complexity index is 312. The minimum atomic E-state index is 0.724. The molecule has 0 heterocycles. The molecule has 1 rings (SSSR count). The van der Waals surface area contributed by atoms with Gasteiger partial charge in [-0.1, -0.05) is 31.5 Å². The van der Waals surface area contributed by atoms with E-state index < -0.39 is 0 Å². The minimum absolute atomic E-state index is 0.724. The van der Waals surface area contributed by atoms with Gasteiger partial charge in [0.05, 0.1) is 0 Å². The lowest BCUT2D eigenvalue weighted by atomic mass is 10.2. The molecule has 0 saturated heterocycles. The van der Waals surface area contributed by atoms with Crippen LogP contribution in [0.2, 0.25) is 5.02 Å². The zero-order chi connectivity index (χ0) is 11.3. The summed E-state index contributed by atoms with van der Waals surface area (Å²) in [7, 11) is 0. The molecule has 2 N–H and O–H groups in total. The number of halogens is 1. The predicted octanol–water partition coefficient (Wildman–Crippen LogP) is 3.15. The van der Waals surface area contributed by atoms with Gasteiger partial charge in [-0.05, 0) is 37.2 Å². The average molecular weight is 227 g/mol. The lowest BCUT2D eigenvalue weighted by molar-refractivity contribution is 0.281. The standard InChI is InChI=1S/C12H19ClN2/c1-3-7-15(4-2)9-10-5-6-11(14)8-12(10)13/h5-6,8H,3-4,7,9,14H2,1-2H3. The fourth-order valence-corrected chi connectivity index (χ4v) is 1.85. The molecule has 3 heteroatoms. The monoisotopic (exact) mass is 226 g/mol. The van der Waals surface area contributed by atoms with Crippen LogP contribution in [-0.2, 0) is 6.54 Å². The van der Waals surface area contributed by atoms with Crippen LogP contribution in [0.4, 0.5) is 5.69 Å². The summed E-state index contributed by atoms with van der Waals surface area (Å²) in [5.41, 5.74) is 7.53. The van der Waals surface area contributed by atoms with Crippen molar-refractivity contribution in [1.82, 2.24) is 4.90 Å². The van der Waals surface area contributed by atoms with Gasteiger partial charge in [0, 0.05) is 17.3 Å². The molecule has 0 saturated carbocycles. The molecule has 0 spiro atoms. The number of hydrogen-bond acceptors (Lipinski definition) is 2. The topological polar surface area (TPSA) is 29.3 Å². The highest BCUT2D eigenvalue weighted by atomic mass is 35.5. The molecule has 0 aliphatic heterocycles. The minimum Gasteiger partial charge on any atom is -0.399 e. The Kier molecular flexibility index (Phi) is 4.92. The van der Waals surface area contributed by atoms with Crippen molar-refractivity contribution < 1.29 is 0 Å². The highest BCUT2D eigenvalue weighted by molar-refractivity contribution is 6.31. The first-order valence-corrected chi connectivity index (χ1v) is 5.81. The van der Waals surface area contributed by atoms with E-state index in [0.717, 1.165) is 35.9 Å². The molecule has 0 aliphatic carbocycles. The smallest absolute Gasteiger partial charge is 0.0471 e. The molecule has 0 bridgehead atoms. The normalized spacial score (nSPS) is 10.9. The lowest BCUT2D eigenvalue weighted by Gasteiger charge is -2.20. The Labute approximate surface area is 97.0 Å². The number of nitrogen functional groups attached to an aromatic ring is 1. The number of nitrogens with zero attached hydrogens (tertiary/aromatic N) is 1. The Balaban J connectivity index is 2.70. The van der Waals surface area contributed by atoms with E-state index in [4.69, 9.17) is 17.3 Å². The number of hydrogen-bond donors (Lipinski definition) is 1. The average Bonchev–Trinajstić information content (AvgIpc) is 2.21. The van der Waals surface area contributed by atoms with Crippen molar-refractivity contribution in [3.8, 4) is 0 Å². The molecule has 1 aromatic carbocycles. The second-order valence-corrected chi connectivity index (χ2v) is 4.13. The van der Waals surface area contributed by atoms with Crippen LogP contribution >= 0.6 is 11.6 Å². The predicted molar refractivity (Wildman–Crippen MR) is 67.1 cm³/mol. The van der Waals surface area contributed by atoms with Crippen molar-refractivity contribution in [2.24, 2.45) is 0 Å². The summed E-state index contributed by atoms with van der Waals surface area (Å²) in [4.78, 5) is 2.37. The third kappa shape index (κ3) is 3.73. The van der Waals surface area contributed by atoms with E-state index in [-0.39, 0.29) is 0 Å².